The second-order valence-corrected chi connectivity index (χ2v) is 8.98. The molecule has 2 heterocycles. The summed E-state index contributed by atoms with van der Waals surface area (Å²) in [7, 11) is 1.50. The van der Waals surface area contributed by atoms with Crippen molar-refractivity contribution in [3.63, 3.8) is 0 Å². The zero-order valence-electron chi connectivity index (χ0n) is 19.7. The van der Waals surface area contributed by atoms with E-state index in [0.717, 1.165) is 31.7 Å². The fourth-order valence-corrected chi connectivity index (χ4v) is 4.25. The Labute approximate surface area is 204 Å². The highest BCUT2D eigenvalue weighted by Crippen LogP contribution is 2.36. The summed E-state index contributed by atoms with van der Waals surface area (Å²) in [6.07, 6.45) is -3.86. The van der Waals surface area contributed by atoms with Crippen molar-refractivity contribution in [2.45, 2.75) is 51.3 Å². The van der Waals surface area contributed by atoms with Gasteiger partial charge in [-0.05, 0) is 49.8 Å². The smallest absolute Gasteiger partial charge is 0.418 e. The number of carbonyl (C=O) groups is 1. The number of para-hydroxylation sites is 1. The molecule has 4 rings (SSSR count). The number of benzene rings is 1. The summed E-state index contributed by atoms with van der Waals surface area (Å²) in [6.45, 7) is 1.17. The SMILES string of the molecule is CC1CCC(NC(=O)c2cc3nc(Nc4ccccc4C(F)(F)F)n(C)c3nc2OCC(F)F)CC1. The molecule has 194 valence electrons. The van der Waals surface area contributed by atoms with E-state index in [0.29, 0.717) is 5.92 Å². The molecule has 2 N–H and O–H groups in total. The van der Waals surface area contributed by atoms with Gasteiger partial charge < -0.3 is 15.4 Å². The molecule has 1 aliphatic carbocycles. The Balaban J connectivity index is 1.68. The number of alkyl halides is 5. The first-order valence-corrected chi connectivity index (χ1v) is 11.6. The first-order valence-electron chi connectivity index (χ1n) is 11.6. The van der Waals surface area contributed by atoms with Gasteiger partial charge in [-0.1, -0.05) is 19.1 Å². The molecule has 0 aliphatic heterocycles. The van der Waals surface area contributed by atoms with Crippen molar-refractivity contribution in [1.82, 2.24) is 19.9 Å². The van der Waals surface area contributed by atoms with Crippen molar-refractivity contribution in [1.29, 1.82) is 0 Å². The maximum Gasteiger partial charge on any atom is 0.418 e. The number of fused-ring (bicyclic) bond motifs is 1. The van der Waals surface area contributed by atoms with Gasteiger partial charge in [-0.3, -0.25) is 9.36 Å². The number of pyridine rings is 1. The average molecular weight is 511 g/mol. The zero-order valence-corrected chi connectivity index (χ0v) is 19.7. The van der Waals surface area contributed by atoms with Crippen molar-refractivity contribution in [2.75, 3.05) is 11.9 Å². The maximum absolute atomic E-state index is 13.4. The Hall–Kier alpha value is -3.44. The molecular formula is C24H26F5N5O2. The van der Waals surface area contributed by atoms with Crippen LogP contribution >= 0.6 is 0 Å². The van der Waals surface area contributed by atoms with Crippen LogP contribution in [0.2, 0.25) is 0 Å². The van der Waals surface area contributed by atoms with Crippen LogP contribution in [0.1, 0.15) is 48.5 Å². The predicted octanol–water partition coefficient (Wildman–Crippen LogP) is 5.68. The second kappa shape index (κ2) is 10.3. The Morgan fingerprint density at radius 2 is 1.86 bits per heavy atom. The third kappa shape index (κ3) is 5.68. The molecule has 1 aliphatic rings. The van der Waals surface area contributed by atoms with E-state index in [4.69, 9.17) is 4.74 Å². The van der Waals surface area contributed by atoms with Crippen LogP contribution in [0.3, 0.4) is 0 Å². The third-order valence-corrected chi connectivity index (χ3v) is 6.23. The van der Waals surface area contributed by atoms with Crippen LogP contribution in [-0.2, 0) is 13.2 Å². The first kappa shape index (κ1) is 25.6. The Morgan fingerprint density at radius 1 is 1.17 bits per heavy atom. The number of nitrogens with zero attached hydrogens (tertiary/aromatic N) is 3. The quantitative estimate of drug-likeness (QED) is 0.399. The van der Waals surface area contributed by atoms with Gasteiger partial charge in [-0.25, -0.2) is 13.8 Å². The van der Waals surface area contributed by atoms with Crippen LogP contribution in [-0.4, -0.2) is 39.5 Å². The summed E-state index contributed by atoms with van der Waals surface area (Å²) < 4.78 is 72.5. The summed E-state index contributed by atoms with van der Waals surface area (Å²) >= 11 is 0. The summed E-state index contributed by atoms with van der Waals surface area (Å²) in [5, 5.41) is 5.57. The molecule has 0 saturated heterocycles. The normalized spacial score (nSPS) is 18.4. The lowest BCUT2D eigenvalue weighted by molar-refractivity contribution is -0.136. The van der Waals surface area contributed by atoms with E-state index in [1.807, 2.05) is 0 Å². The van der Waals surface area contributed by atoms with Crippen molar-refractivity contribution < 1.29 is 31.5 Å². The van der Waals surface area contributed by atoms with Crippen molar-refractivity contribution in [3.8, 4) is 5.88 Å². The lowest BCUT2D eigenvalue weighted by Gasteiger charge is -2.27. The topological polar surface area (TPSA) is 81.1 Å². The molecule has 0 radical (unpaired) electrons. The molecule has 1 aromatic carbocycles. The van der Waals surface area contributed by atoms with E-state index in [-0.39, 0.29) is 40.3 Å². The van der Waals surface area contributed by atoms with Gasteiger partial charge in [0.05, 0.1) is 11.3 Å². The van der Waals surface area contributed by atoms with Gasteiger partial charge in [-0.15, -0.1) is 0 Å². The van der Waals surface area contributed by atoms with Gasteiger partial charge in [0, 0.05) is 13.1 Å². The molecule has 12 heteroatoms. The van der Waals surface area contributed by atoms with Crippen LogP contribution in [0.15, 0.2) is 30.3 Å². The minimum absolute atomic E-state index is 0.0211. The molecule has 7 nitrogen and oxygen atoms in total. The van der Waals surface area contributed by atoms with E-state index in [1.165, 1.54) is 35.9 Å². The number of hydrogen-bond donors (Lipinski definition) is 2. The minimum atomic E-state index is -4.59. The maximum atomic E-state index is 13.4. The highest BCUT2D eigenvalue weighted by molar-refractivity contribution is 5.99. The van der Waals surface area contributed by atoms with E-state index in [1.54, 1.807) is 0 Å². The summed E-state index contributed by atoms with van der Waals surface area (Å²) in [5.41, 5.74) is -0.831. The molecule has 0 atom stereocenters. The molecule has 0 unspecified atom stereocenters. The largest absolute Gasteiger partial charge is 0.471 e. The number of ether oxygens (including phenoxy) is 1. The number of aryl methyl sites for hydroxylation is 1. The van der Waals surface area contributed by atoms with Crippen molar-refractivity contribution >= 4 is 28.7 Å². The van der Waals surface area contributed by atoms with Crippen LogP contribution in [0.25, 0.3) is 11.2 Å². The Morgan fingerprint density at radius 3 is 2.53 bits per heavy atom. The summed E-state index contributed by atoms with van der Waals surface area (Å²) in [5.74, 6) is -0.235. The number of rotatable bonds is 7. The van der Waals surface area contributed by atoms with Crippen molar-refractivity contribution in [2.24, 2.45) is 13.0 Å². The number of aromatic nitrogens is 3. The molecule has 36 heavy (non-hydrogen) atoms. The summed E-state index contributed by atoms with van der Waals surface area (Å²) in [6, 6.07) is 6.21. The number of hydrogen-bond acceptors (Lipinski definition) is 5. The lowest BCUT2D eigenvalue weighted by Crippen LogP contribution is -2.37. The van der Waals surface area contributed by atoms with E-state index in [9.17, 15) is 26.7 Å². The number of amides is 1. The summed E-state index contributed by atoms with van der Waals surface area (Å²) in [4.78, 5) is 21.6. The van der Waals surface area contributed by atoms with Gasteiger partial charge in [0.1, 0.15) is 11.1 Å². The highest BCUT2D eigenvalue weighted by Gasteiger charge is 2.33. The number of halogens is 5. The van der Waals surface area contributed by atoms with Crippen LogP contribution < -0.4 is 15.4 Å². The predicted molar refractivity (Wildman–Crippen MR) is 124 cm³/mol. The lowest BCUT2D eigenvalue weighted by atomic mass is 9.87. The van der Waals surface area contributed by atoms with Gasteiger partial charge in [0.15, 0.2) is 12.3 Å². The van der Waals surface area contributed by atoms with Crippen LogP contribution in [0, 0.1) is 5.92 Å². The molecule has 0 spiro atoms. The fraction of sp³-hybridized carbons (Fsp3) is 0.458. The second-order valence-electron chi connectivity index (χ2n) is 8.98. The number of carbonyl (C=O) groups excluding carboxylic acids is 1. The number of imidazole rings is 1. The molecular weight excluding hydrogens is 485 g/mol. The van der Waals surface area contributed by atoms with E-state index < -0.39 is 30.7 Å². The van der Waals surface area contributed by atoms with Gasteiger partial charge >= 0.3 is 6.18 Å². The minimum Gasteiger partial charge on any atom is -0.471 e. The monoisotopic (exact) mass is 511 g/mol. The standard InChI is InChI=1S/C24H26F5N5O2/c1-13-7-9-14(10-8-13)30-21(35)15-11-18-20(33-22(15)36-12-19(25)26)34(2)23(32-18)31-17-6-4-3-5-16(17)24(27,28)29/h3-6,11,13-14,19H,7-10,12H2,1-2H3,(H,30,35)(H,31,32). The molecule has 1 fully saturated rings. The van der Waals surface area contributed by atoms with Crippen molar-refractivity contribution in [3.05, 3.63) is 41.5 Å². The number of anilines is 2. The first-order chi connectivity index (χ1) is 17.0. The molecule has 0 bridgehead atoms. The fourth-order valence-electron chi connectivity index (χ4n) is 4.25. The van der Waals surface area contributed by atoms with Crippen LogP contribution in [0.5, 0.6) is 5.88 Å². The molecule has 1 amide bonds. The van der Waals surface area contributed by atoms with E-state index in [2.05, 4.69) is 27.5 Å². The molecule has 1 saturated carbocycles. The zero-order chi connectivity index (χ0) is 26.0. The Bertz CT molecular complexity index is 1240. The Kier molecular flexibility index (Phi) is 7.32. The van der Waals surface area contributed by atoms with Gasteiger partial charge in [0.2, 0.25) is 11.8 Å². The highest BCUT2D eigenvalue weighted by atomic mass is 19.4. The van der Waals surface area contributed by atoms with Crippen LogP contribution in [0.4, 0.5) is 33.6 Å². The molecule has 3 aromatic rings. The van der Waals surface area contributed by atoms with Gasteiger partial charge in [0.25, 0.3) is 12.3 Å². The molecule has 2 aromatic heterocycles. The average Bonchev–Trinajstić information content (AvgIpc) is 3.12. The number of nitrogens with one attached hydrogen (secondary N) is 2. The van der Waals surface area contributed by atoms with E-state index >= 15 is 0 Å². The third-order valence-electron chi connectivity index (χ3n) is 6.23. The van der Waals surface area contributed by atoms with Gasteiger partial charge in [-0.2, -0.15) is 18.2 Å².